The molecule has 120 valence electrons. The zero-order valence-corrected chi connectivity index (χ0v) is 12.6. The molecular weight excluding hydrogens is 277 g/mol. The molecule has 0 unspecified atom stereocenters. The third kappa shape index (κ3) is 7.38. The van der Waals surface area contributed by atoms with E-state index >= 15 is 0 Å². The third-order valence-electron chi connectivity index (χ3n) is 2.76. The van der Waals surface area contributed by atoms with Crippen molar-refractivity contribution in [1.29, 1.82) is 0 Å². The second kappa shape index (κ2) is 10.5. The van der Waals surface area contributed by atoms with E-state index in [-0.39, 0.29) is 11.9 Å². The average Bonchev–Trinajstić information content (AvgIpc) is 2.45. The number of hydrogen-bond donors (Lipinski definition) is 1. The molecule has 0 bridgehead atoms. The summed E-state index contributed by atoms with van der Waals surface area (Å²) in [5.74, 6) is 0.117. The summed E-state index contributed by atoms with van der Waals surface area (Å²) < 4.78 is 34.2. The number of rotatable bonds is 11. The Morgan fingerprint density at radius 2 is 1.67 bits per heavy atom. The molecule has 1 aromatic carbocycles. The highest BCUT2D eigenvalue weighted by Crippen LogP contribution is 2.24. The molecule has 0 radical (unpaired) electrons. The molecule has 1 aromatic rings. The van der Waals surface area contributed by atoms with E-state index < -0.39 is 0 Å². The largest absolute Gasteiger partial charge is 0.491 e. The zero-order chi connectivity index (χ0) is 15.5. The summed E-state index contributed by atoms with van der Waals surface area (Å²) in [6.07, 6.45) is 0. The highest BCUT2D eigenvalue weighted by Gasteiger charge is 2.09. The Balaban J connectivity index is 2.19. The van der Waals surface area contributed by atoms with Gasteiger partial charge in [0, 0.05) is 24.8 Å². The summed E-state index contributed by atoms with van der Waals surface area (Å²) in [4.78, 5) is 0. The quantitative estimate of drug-likeness (QED) is 0.633. The maximum Gasteiger partial charge on any atom is 0.127 e. The minimum atomic E-state index is -0.345. The monoisotopic (exact) mass is 301 g/mol. The van der Waals surface area contributed by atoms with Crippen molar-refractivity contribution in [1.82, 2.24) is 0 Å². The van der Waals surface area contributed by atoms with E-state index in [1.54, 1.807) is 13.2 Å². The Bertz CT molecular complexity index is 401. The Kier molecular flexibility index (Phi) is 8.93. The molecule has 0 aliphatic heterocycles. The van der Waals surface area contributed by atoms with E-state index in [0.29, 0.717) is 45.4 Å². The predicted molar refractivity (Wildman–Crippen MR) is 78.0 cm³/mol. The summed E-state index contributed by atoms with van der Waals surface area (Å²) >= 11 is 0. The van der Waals surface area contributed by atoms with Crippen LogP contribution < -0.4 is 10.5 Å². The molecule has 6 heteroatoms. The van der Waals surface area contributed by atoms with Crippen LogP contribution in [-0.2, 0) is 14.2 Å². The highest BCUT2D eigenvalue weighted by molar-refractivity contribution is 5.36. The second-order valence-corrected chi connectivity index (χ2v) is 4.54. The van der Waals surface area contributed by atoms with E-state index in [9.17, 15) is 4.39 Å². The minimum Gasteiger partial charge on any atom is -0.491 e. The molecule has 0 aliphatic rings. The van der Waals surface area contributed by atoms with Gasteiger partial charge in [-0.05, 0) is 13.0 Å². The molecular formula is C15H24FNO4. The number of ether oxygens (including phenoxy) is 4. The summed E-state index contributed by atoms with van der Waals surface area (Å²) in [7, 11) is 1.63. The zero-order valence-electron chi connectivity index (χ0n) is 12.6. The summed E-state index contributed by atoms with van der Waals surface area (Å²) in [6, 6.07) is 4.14. The van der Waals surface area contributed by atoms with E-state index in [2.05, 4.69) is 0 Å². The van der Waals surface area contributed by atoms with Gasteiger partial charge in [0.1, 0.15) is 18.2 Å². The Morgan fingerprint density at radius 3 is 2.29 bits per heavy atom. The van der Waals surface area contributed by atoms with Gasteiger partial charge in [-0.1, -0.05) is 6.07 Å². The fraction of sp³-hybridized carbons (Fsp3) is 0.600. The highest BCUT2D eigenvalue weighted by atomic mass is 19.1. The van der Waals surface area contributed by atoms with Crippen LogP contribution in [0.4, 0.5) is 4.39 Å². The maximum absolute atomic E-state index is 13.2. The van der Waals surface area contributed by atoms with Crippen molar-refractivity contribution >= 4 is 0 Å². The summed E-state index contributed by atoms with van der Waals surface area (Å²) in [5.41, 5.74) is 6.59. The molecule has 1 atom stereocenters. The van der Waals surface area contributed by atoms with Crippen molar-refractivity contribution in [3.63, 3.8) is 0 Å². The summed E-state index contributed by atoms with van der Waals surface area (Å²) in [5, 5.41) is 0. The van der Waals surface area contributed by atoms with Gasteiger partial charge in [-0.3, -0.25) is 0 Å². The van der Waals surface area contributed by atoms with Crippen LogP contribution in [0.1, 0.15) is 18.5 Å². The van der Waals surface area contributed by atoms with Crippen LogP contribution in [0, 0.1) is 5.82 Å². The lowest BCUT2D eigenvalue weighted by molar-refractivity contribution is 0.0179. The third-order valence-corrected chi connectivity index (χ3v) is 2.76. The van der Waals surface area contributed by atoms with Crippen molar-refractivity contribution < 1.29 is 23.3 Å². The van der Waals surface area contributed by atoms with Gasteiger partial charge in [-0.15, -0.1) is 0 Å². The first-order valence-electron chi connectivity index (χ1n) is 6.97. The fourth-order valence-electron chi connectivity index (χ4n) is 1.68. The Morgan fingerprint density at radius 1 is 1.05 bits per heavy atom. The topological polar surface area (TPSA) is 62.9 Å². The van der Waals surface area contributed by atoms with Crippen LogP contribution in [-0.4, -0.2) is 46.8 Å². The Hall–Kier alpha value is -1.21. The normalized spacial score (nSPS) is 12.4. The molecule has 1 rings (SSSR count). The van der Waals surface area contributed by atoms with Crippen LogP contribution >= 0.6 is 0 Å². The number of halogens is 1. The van der Waals surface area contributed by atoms with Gasteiger partial charge in [0.15, 0.2) is 0 Å². The molecule has 0 aliphatic carbocycles. The van der Waals surface area contributed by atoms with Crippen molar-refractivity contribution in [2.24, 2.45) is 5.73 Å². The number of hydrogen-bond acceptors (Lipinski definition) is 5. The molecule has 0 heterocycles. The molecule has 5 nitrogen and oxygen atoms in total. The van der Waals surface area contributed by atoms with Crippen LogP contribution in [0.3, 0.4) is 0 Å². The van der Waals surface area contributed by atoms with Crippen molar-refractivity contribution in [2.75, 3.05) is 46.8 Å². The van der Waals surface area contributed by atoms with E-state index in [4.69, 9.17) is 24.7 Å². The van der Waals surface area contributed by atoms with Gasteiger partial charge in [0.05, 0.1) is 33.0 Å². The predicted octanol–water partition coefficient (Wildman–Crippen LogP) is 1.90. The smallest absolute Gasteiger partial charge is 0.127 e. The molecule has 2 N–H and O–H groups in total. The van der Waals surface area contributed by atoms with Gasteiger partial charge < -0.3 is 24.7 Å². The number of nitrogens with two attached hydrogens (primary N) is 1. The van der Waals surface area contributed by atoms with Crippen molar-refractivity contribution in [3.05, 3.63) is 29.6 Å². The summed E-state index contributed by atoms with van der Waals surface area (Å²) in [6.45, 7) is 4.68. The molecule has 0 saturated carbocycles. The number of methoxy groups -OCH3 is 1. The lowest BCUT2D eigenvalue weighted by atomic mass is 10.1. The molecule has 0 saturated heterocycles. The SMILES string of the molecule is COCCOCCOCCOc1cc(F)ccc1[C@@H](C)N. The lowest BCUT2D eigenvalue weighted by Gasteiger charge is -2.14. The van der Waals surface area contributed by atoms with Gasteiger partial charge in [0.2, 0.25) is 0 Å². The van der Waals surface area contributed by atoms with E-state index in [1.807, 2.05) is 6.92 Å². The van der Waals surface area contributed by atoms with Gasteiger partial charge in [0.25, 0.3) is 0 Å². The van der Waals surface area contributed by atoms with E-state index in [0.717, 1.165) is 5.56 Å². The first-order chi connectivity index (χ1) is 10.1. The first-order valence-corrected chi connectivity index (χ1v) is 6.97. The minimum absolute atomic E-state index is 0.212. The van der Waals surface area contributed by atoms with E-state index in [1.165, 1.54) is 12.1 Å². The van der Waals surface area contributed by atoms with Crippen LogP contribution in [0.2, 0.25) is 0 Å². The standard InChI is InChI=1S/C15H24FNO4/c1-12(17)14-4-3-13(16)11-15(14)21-10-9-20-8-7-19-6-5-18-2/h3-4,11-12H,5-10,17H2,1-2H3/t12-/m1/s1. The van der Waals surface area contributed by atoms with Crippen molar-refractivity contribution in [2.45, 2.75) is 13.0 Å². The van der Waals surface area contributed by atoms with Gasteiger partial charge >= 0.3 is 0 Å². The van der Waals surface area contributed by atoms with Crippen LogP contribution in [0.25, 0.3) is 0 Å². The molecule has 0 fully saturated rings. The lowest BCUT2D eigenvalue weighted by Crippen LogP contribution is -2.14. The Labute approximate surface area is 125 Å². The van der Waals surface area contributed by atoms with Crippen molar-refractivity contribution in [3.8, 4) is 5.75 Å². The van der Waals surface area contributed by atoms with Gasteiger partial charge in [-0.2, -0.15) is 0 Å². The first kappa shape index (κ1) is 17.8. The second-order valence-electron chi connectivity index (χ2n) is 4.54. The van der Waals surface area contributed by atoms with Crippen LogP contribution in [0.15, 0.2) is 18.2 Å². The average molecular weight is 301 g/mol. The van der Waals surface area contributed by atoms with Crippen LogP contribution in [0.5, 0.6) is 5.75 Å². The molecule has 21 heavy (non-hydrogen) atoms. The number of benzene rings is 1. The molecule has 0 aromatic heterocycles. The maximum atomic E-state index is 13.2. The van der Waals surface area contributed by atoms with Gasteiger partial charge in [-0.25, -0.2) is 4.39 Å². The molecule has 0 amide bonds. The fourth-order valence-corrected chi connectivity index (χ4v) is 1.68. The molecule has 0 spiro atoms.